The van der Waals surface area contributed by atoms with Crippen molar-refractivity contribution in [2.75, 3.05) is 30.0 Å². The number of carbonyl (C=O) groups excluding carboxylic acids is 2. The van der Waals surface area contributed by atoms with Crippen LogP contribution >= 0.6 is 15.9 Å². The molecule has 3 rings (SSSR count). The van der Waals surface area contributed by atoms with Gasteiger partial charge in [-0.15, -0.1) is 0 Å². The smallest absolute Gasteiger partial charge is 0.228 e. The van der Waals surface area contributed by atoms with Gasteiger partial charge in [-0.2, -0.15) is 0 Å². The zero-order valence-electron chi connectivity index (χ0n) is 14.2. The van der Waals surface area contributed by atoms with Gasteiger partial charge < -0.3 is 9.80 Å². The van der Waals surface area contributed by atoms with E-state index in [1.165, 1.54) is 4.90 Å². The van der Waals surface area contributed by atoms with E-state index in [-0.39, 0.29) is 35.8 Å². The fraction of sp³-hybridized carbons (Fsp3) is 0.529. The number of halogens is 1. The van der Waals surface area contributed by atoms with Crippen LogP contribution in [0.2, 0.25) is 0 Å². The Balaban J connectivity index is 1.71. The summed E-state index contributed by atoms with van der Waals surface area (Å²) in [5, 5.41) is 0. The highest BCUT2D eigenvalue weighted by atomic mass is 79.9. The second-order valence-corrected chi connectivity index (χ2v) is 9.93. The molecule has 2 aliphatic rings. The van der Waals surface area contributed by atoms with Crippen molar-refractivity contribution in [1.29, 1.82) is 0 Å². The van der Waals surface area contributed by atoms with Gasteiger partial charge in [-0.05, 0) is 37.1 Å². The third-order valence-corrected chi connectivity index (χ3v) is 7.67. The first-order chi connectivity index (χ1) is 11.7. The molecule has 8 heteroatoms. The highest BCUT2D eigenvalue weighted by Crippen LogP contribution is 2.30. The molecule has 2 heterocycles. The largest absolute Gasteiger partial charge is 0.341 e. The van der Waals surface area contributed by atoms with Crippen molar-refractivity contribution in [3.05, 3.63) is 28.2 Å². The van der Waals surface area contributed by atoms with Gasteiger partial charge in [0, 0.05) is 36.2 Å². The molecule has 0 aliphatic carbocycles. The molecule has 0 radical (unpaired) electrons. The van der Waals surface area contributed by atoms with Crippen LogP contribution < -0.4 is 4.90 Å². The van der Waals surface area contributed by atoms with Crippen molar-refractivity contribution >= 4 is 43.3 Å². The number of rotatable bonds is 3. The van der Waals surface area contributed by atoms with Gasteiger partial charge in [0.1, 0.15) is 0 Å². The molecule has 1 aromatic carbocycles. The van der Waals surface area contributed by atoms with Crippen LogP contribution in [-0.4, -0.2) is 56.3 Å². The summed E-state index contributed by atoms with van der Waals surface area (Å²) in [5.41, 5.74) is 1.81. The summed E-state index contributed by atoms with van der Waals surface area (Å²) >= 11 is 3.44. The van der Waals surface area contributed by atoms with Gasteiger partial charge in [-0.3, -0.25) is 9.59 Å². The van der Waals surface area contributed by atoms with Gasteiger partial charge in [-0.25, -0.2) is 8.42 Å². The monoisotopic (exact) mass is 428 g/mol. The van der Waals surface area contributed by atoms with E-state index in [0.29, 0.717) is 13.0 Å². The molecule has 2 aliphatic heterocycles. The van der Waals surface area contributed by atoms with E-state index < -0.39 is 15.8 Å². The normalized spacial score (nSPS) is 25.4. The Morgan fingerprint density at radius 3 is 2.68 bits per heavy atom. The zero-order chi connectivity index (χ0) is 18.4. The summed E-state index contributed by atoms with van der Waals surface area (Å²) in [6.45, 7) is 2.29. The van der Waals surface area contributed by atoms with Crippen molar-refractivity contribution in [2.45, 2.75) is 25.8 Å². The molecular weight excluding hydrogens is 408 g/mol. The minimum Gasteiger partial charge on any atom is -0.341 e. The van der Waals surface area contributed by atoms with Crippen LogP contribution in [0.1, 0.15) is 18.4 Å². The maximum atomic E-state index is 12.7. The molecule has 0 bridgehead atoms. The lowest BCUT2D eigenvalue weighted by atomic mass is 10.1. The molecule has 0 N–H and O–H groups in total. The summed E-state index contributed by atoms with van der Waals surface area (Å²) in [4.78, 5) is 28.3. The van der Waals surface area contributed by atoms with E-state index in [9.17, 15) is 18.0 Å². The van der Waals surface area contributed by atoms with Gasteiger partial charge in [0.15, 0.2) is 9.84 Å². The molecule has 0 unspecified atom stereocenters. The number of aryl methyl sites for hydroxylation is 1. The lowest BCUT2D eigenvalue weighted by Crippen LogP contribution is -2.42. The fourth-order valence-corrected chi connectivity index (χ4v) is 5.49. The van der Waals surface area contributed by atoms with Crippen molar-refractivity contribution in [3.8, 4) is 0 Å². The van der Waals surface area contributed by atoms with Crippen LogP contribution in [-0.2, 0) is 19.4 Å². The third-order valence-electron chi connectivity index (χ3n) is 5.03. The van der Waals surface area contributed by atoms with Gasteiger partial charge in [0.2, 0.25) is 11.8 Å². The second kappa shape index (κ2) is 6.72. The van der Waals surface area contributed by atoms with Gasteiger partial charge >= 0.3 is 0 Å². The SMILES string of the molecule is Cc1cc(N2C[C@@H](C(=O)N(C)[C@@H]3CCS(=O)(=O)C3)CC2=O)ccc1Br. The molecular formula is C17H21BrN2O4S. The predicted molar refractivity (Wildman–Crippen MR) is 99.2 cm³/mol. The summed E-state index contributed by atoms with van der Waals surface area (Å²) in [5.74, 6) is -0.501. The zero-order valence-corrected chi connectivity index (χ0v) is 16.6. The van der Waals surface area contributed by atoms with E-state index >= 15 is 0 Å². The molecule has 0 spiro atoms. The Morgan fingerprint density at radius 2 is 2.08 bits per heavy atom. The minimum absolute atomic E-state index is 0.0194. The maximum Gasteiger partial charge on any atom is 0.228 e. The number of carbonyl (C=O) groups is 2. The lowest BCUT2D eigenvalue weighted by Gasteiger charge is -2.26. The summed E-state index contributed by atoms with van der Waals surface area (Å²) < 4.78 is 24.2. The number of sulfone groups is 1. The molecule has 0 aromatic heterocycles. The fourth-order valence-electron chi connectivity index (χ4n) is 3.47. The van der Waals surface area contributed by atoms with Gasteiger partial charge in [0.25, 0.3) is 0 Å². The number of hydrogen-bond acceptors (Lipinski definition) is 4. The van der Waals surface area contributed by atoms with Crippen LogP contribution in [0, 0.1) is 12.8 Å². The van der Waals surface area contributed by atoms with Crippen LogP contribution in [0.4, 0.5) is 5.69 Å². The molecule has 1 aromatic rings. The van der Waals surface area contributed by atoms with Crippen molar-refractivity contribution < 1.29 is 18.0 Å². The van der Waals surface area contributed by atoms with E-state index in [4.69, 9.17) is 0 Å². The van der Waals surface area contributed by atoms with Crippen LogP contribution in [0.15, 0.2) is 22.7 Å². The number of hydrogen-bond donors (Lipinski definition) is 0. The van der Waals surface area contributed by atoms with Crippen LogP contribution in [0.3, 0.4) is 0 Å². The molecule has 136 valence electrons. The Labute approximate surface area is 156 Å². The van der Waals surface area contributed by atoms with Gasteiger partial charge in [0.05, 0.1) is 17.4 Å². The van der Waals surface area contributed by atoms with Crippen molar-refractivity contribution in [2.24, 2.45) is 5.92 Å². The lowest BCUT2D eigenvalue weighted by molar-refractivity contribution is -0.136. The highest BCUT2D eigenvalue weighted by molar-refractivity contribution is 9.10. The Hall–Kier alpha value is -1.41. The topological polar surface area (TPSA) is 74.8 Å². The highest BCUT2D eigenvalue weighted by Gasteiger charge is 2.40. The molecule has 2 amide bonds. The Bertz CT molecular complexity index is 824. The average molecular weight is 429 g/mol. The summed E-state index contributed by atoms with van der Waals surface area (Å²) in [6.07, 6.45) is 0.638. The molecule has 2 atom stereocenters. The number of amides is 2. The maximum absolute atomic E-state index is 12.7. The first-order valence-electron chi connectivity index (χ1n) is 8.21. The molecule has 2 fully saturated rings. The van der Waals surface area contributed by atoms with Crippen LogP contribution in [0.5, 0.6) is 0 Å². The van der Waals surface area contributed by atoms with E-state index in [1.54, 1.807) is 11.9 Å². The quantitative estimate of drug-likeness (QED) is 0.734. The van der Waals surface area contributed by atoms with E-state index in [1.807, 2.05) is 25.1 Å². The van der Waals surface area contributed by atoms with E-state index in [0.717, 1.165) is 15.7 Å². The van der Waals surface area contributed by atoms with Gasteiger partial charge in [-0.1, -0.05) is 15.9 Å². The summed E-state index contributed by atoms with van der Waals surface area (Å²) in [7, 11) is -1.40. The van der Waals surface area contributed by atoms with Crippen LogP contribution in [0.25, 0.3) is 0 Å². The molecule has 25 heavy (non-hydrogen) atoms. The number of anilines is 1. The number of nitrogens with zero attached hydrogens (tertiary/aromatic N) is 2. The molecule has 0 saturated carbocycles. The predicted octanol–water partition coefficient (Wildman–Crippen LogP) is 1.76. The second-order valence-electron chi connectivity index (χ2n) is 6.84. The first kappa shape index (κ1) is 18.4. The first-order valence-corrected chi connectivity index (χ1v) is 10.8. The van der Waals surface area contributed by atoms with Crippen molar-refractivity contribution in [3.63, 3.8) is 0 Å². The van der Waals surface area contributed by atoms with E-state index in [2.05, 4.69) is 15.9 Å². The summed E-state index contributed by atoms with van der Waals surface area (Å²) in [6, 6.07) is 5.39. The third kappa shape index (κ3) is 3.74. The molecule has 6 nitrogen and oxygen atoms in total. The minimum atomic E-state index is -3.05. The Morgan fingerprint density at radius 1 is 1.36 bits per heavy atom. The molecule has 2 saturated heterocycles. The average Bonchev–Trinajstić information content (AvgIpc) is 3.11. The van der Waals surface area contributed by atoms with Crippen molar-refractivity contribution in [1.82, 2.24) is 4.90 Å². The standard InChI is InChI=1S/C17H21BrN2O4S/c1-11-7-13(3-4-15(11)18)20-9-12(8-16(20)21)17(22)19(2)14-5-6-25(23,24)10-14/h3-4,7,12,14H,5-6,8-10H2,1-2H3/t12-,14+/m0/s1. The number of benzene rings is 1. The Kier molecular flexibility index (Phi) is 4.94.